The fourth-order valence-electron chi connectivity index (χ4n) is 2.16. The lowest BCUT2D eigenvalue weighted by Crippen LogP contribution is -2.13. The number of amides is 1. The first kappa shape index (κ1) is 14.7. The highest BCUT2D eigenvalue weighted by molar-refractivity contribution is 9.11. The predicted molar refractivity (Wildman–Crippen MR) is 84.1 cm³/mol. The molecule has 1 amide bonds. The summed E-state index contributed by atoms with van der Waals surface area (Å²) >= 11 is 6.68. The Morgan fingerprint density at radius 3 is 3.00 bits per heavy atom. The van der Waals surface area contributed by atoms with E-state index in [4.69, 9.17) is 4.42 Å². The first-order valence-corrected chi connectivity index (χ1v) is 8.05. The van der Waals surface area contributed by atoms with E-state index in [1.165, 1.54) is 0 Å². The quantitative estimate of drug-likeness (QED) is 0.803. The van der Waals surface area contributed by atoms with Crippen LogP contribution in [0.5, 0.6) is 0 Å². The second kappa shape index (κ2) is 6.25. The molecule has 2 heterocycles. The second-order valence-electron chi connectivity index (χ2n) is 4.67. The molecule has 1 aromatic carbocycles. The third kappa shape index (κ3) is 3.33. The summed E-state index contributed by atoms with van der Waals surface area (Å²) in [6, 6.07) is 5.55. The van der Waals surface area contributed by atoms with Gasteiger partial charge in [0, 0.05) is 8.95 Å². The van der Waals surface area contributed by atoms with Crippen LogP contribution in [0, 0.1) is 0 Å². The number of carbonyl (C=O) groups is 1. The molecule has 1 aliphatic heterocycles. The molecule has 1 fully saturated rings. The zero-order valence-corrected chi connectivity index (χ0v) is 14.1. The van der Waals surface area contributed by atoms with Crippen molar-refractivity contribution in [3.05, 3.63) is 38.6 Å². The number of nitrogens with zero attached hydrogens (tertiary/aromatic N) is 2. The molecule has 1 aliphatic rings. The number of hydrogen-bond acceptors (Lipinski definition) is 5. The molecule has 8 heteroatoms. The van der Waals surface area contributed by atoms with Gasteiger partial charge in [0.2, 0.25) is 5.89 Å². The molecular weight excluding hydrogens is 404 g/mol. The zero-order chi connectivity index (χ0) is 14.8. The summed E-state index contributed by atoms with van der Waals surface area (Å²) in [5.41, 5.74) is 0.489. The molecular formula is C13H12Br2N4O2. The molecule has 110 valence electrons. The molecule has 0 radical (unpaired) electrons. The molecule has 0 saturated carbocycles. The average molecular weight is 416 g/mol. The van der Waals surface area contributed by atoms with E-state index in [0.717, 1.165) is 23.9 Å². The molecule has 6 nitrogen and oxygen atoms in total. The summed E-state index contributed by atoms with van der Waals surface area (Å²) in [6.45, 7) is 0.944. The number of aromatic nitrogens is 2. The lowest BCUT2D eigenvalue weighted by atomic mass is 10.2. The number of halogens is 2. The standard InChI is InChI=1S/C13H12Br2N4O2/c14-7-3-4-9(15)8(6-7)11(20)17-13-19-18-12(21-13)10-2-1-5-16-10/h3-4,6,10,16H,1-2,5H2,(H,17,19,20). The highest BCUT2D eigenvalue weighted by Gasteiger charge is 2.23. The molecule has 0 spiro atoms. The van der Waals surface area contributed by atoms with Crippen LogP contribution in [0.1, 0.15) is 35.1 Å². The van der Waals surface area contributed by atoms with Crippen molar-refractivity contribution in [1.29, 1.82) is 0 Å². The Labute approximate surface area is 138 Å². The van der Waals surface area contributed by atoms with Crippen LogP contribution < -0.4 is 10.6 Å². The van der Waals surface area contributed by atoms with Gasteiger partial charge in [0.25, 0.3) is 5.91 Å². The zero-order valence-electron chi connectivity index (χ0n) is 10.9. The van der Waals surface area contributed by atoms with Gasteiger partial charge in [-0.2, -0.15) is 0 Å². The van der Waals surface area contributed by atoms with Crippen molar-refractivity contribution in [3.63, 3.8) is 0 Å². The first-order chi connectivity index (χ1) is 10.1. The number of anilines is 1. The third-order valence-electron chi connectivity index (χ3n) is 3.19. The molecule has 21 heavy (non-hydrogen) atoms. The van der Waals surface area contributed by atoms with Gasteiger partial charge in [0.15, 0.2) is 0 Å². The van der Waals surface area contributed by atoms with Crippen molar-refractivity contribution >= 4 is 43.8 Å². The van der Waals surface area contributed by atoms with E-state index in [0.29, 0.717) is 15.9 Å². The van der Waals surface area contributed by atoms with Crippen LogP contribution in [0.25, 0.3) is 0 Å². The molecule has 2 aromatic rings. The Bertz CT molecular complexity index is 668. The lowest BCUT2D eigenvalue weighted by Gasteiger charge is -2.04. The van der Waals surface area contributed by atoms with Crippen LogP contribution in [0.3, 0.4) is 0 Å². The monoisotopic (exact) mass is 414 g/mol. The minimum atomic E-state index is -0.308. The van der Waals surface area contributed by atoms with Crippen LogP contribution >= 0.6 is 31.9 Å². The third-order valence-corrected chi connectivity index (χ3v) is 4.38. The molecule has 1 aromatic heterocycles. The molecule has 0 bridgehead atoms. The Kier molecular flexibility index (Phi) is 4.37. The van der Waals surface area contributed by atoms with Gasteiger partial charge in [-0.1, -0.05) is 21.0 Å². The summed E-state index contributed by atoms with van der Waals surface area (Å²) in [4.78, 5) is 12.2. The minimum absolute atomic E-state index is 0.0840. The van der Waals surface area contributed by atoms with E-state index in [-0.39, 0.29) is 18.0 Å². The van der Waals surface area contributed by atoms with Gasteiger partial charge in [-0.15, -0.1) is 5.10 Å². The Morgan fingerprint density at radius 1 is 1.38 bits per heavy atom. The second-order valence-corrected chi connectivity index (χ2v) is 6.44. The SMILES string of the molecule is O=C(Nc1nnc(C2CCCN2)o1)c1cc(Br)ccc1Br. The minimum Gasteiger partial charge on any atom is -0.406 e. The summed E-state index contributed by atoms with van der Waals surface area (Å²) in [6.07, 6.45) is 2.05. The van der Waals surface area contributed by atoms with Gasteiger partial charge >= 0.3 is 6.01 Å². The Balaban J connectivity index is 1.74. The van der Waals surface area contributed by atoms with Gasteiger partial charge < -0.3 is 9.73 Å². The lowest BCUT2D eigenvalue weighted by molar-refractivity contribution is 0.102. The van der Waals surface area contributed by atoms with Crippen LogP contribution in [-0.2, 0) is 0 Å². The maximum Gasteiger partial charge on any atom is 0.322 e. The molecule has 2 N–H and O–H groups in total. The van der Waals surface area contributed by atoms with Crippen molar-refractivity contribution < 1.29 is 9.21 Å². The summed E-state index contributed by atoms with van der Waals surface area (Å²) < 4.78 is 7.00. The molecule has 1 atom stereocenters. The molecule has 0 aliphatic carbocycles. The van der Waals surface area contributed by atoms with Crippen molar-refractivity contribution in [2.75, 3.05) is 11.9 Å². The topological polar surface area (TPSA) is 80.0 Å². The fraction of sp³-hybridized carbons (Fsp3) is 0.308. The summed E-state index contributed by atoms with van der Waals surface area (Å²) in [7, 11) is 0. The van der Waals surface area contributed by atoms with E-state index < -0.39 is 0 Å². The molecule has 3 rings (SSSR count). The average Bonchev–Trinajstić information content (AvgIpc) is 3.11. The van der Waals surface area contributed by atoms with Gasteiger partial charge in [0.05, 0.1) is 11.6 Å². The van der Waals surface area contributed by atoms with Crippen molar-refractivity contribution in [3.8, 4) is 0 Å². The van der Waals surface area contributed by atoms with Crippen molar-refractivity contribution in [1.82, 2.24) is 15.5 Å². The van der Waals surface area contributed by atoms with Gasteiger partial charge in [-0.25, -0.2) is 0 Å². The van der Waals surface area contributed by atoms with Crippen molar-refractivity contribution in [2.45, 2.75) is 18.9 Å². The maximum atomic E-state index is 12.2. The first-order valence-electron chi connectivity index (χ1n) is 6.46. The Hall–Kier alpha value is -1.25. The van der Waals surface area contributed by atoms with Gasteiger partial charge in [-0.05, 0) is 53.5 Å². The molecule has 1 saturated heterocycles. The smallest absolute Gasteiger partial charge is 0.322 e. The highest BCUT2D eigenvalue weighted by Crippen LogP contribution is 2.25. The maximum absolute atomic E-state index is 12.2. The number of benzene rings is 1. The van der Waals surface area contributed by atoms with E-state index in [9.17, 15) is 4.79 Å². The number of nitrogens with one attached hydrogen (secondary N) is 2. The van der Waals surface area contributed by atoms with Crippen LogP contribution in [0.2, 0.25) is 0 Å². The number of rotatable bonds is 3. The van der Waals surface area contributed by atoms with Crippen molar-refractivity contribution in [2.24, 2.45) is 0 Å². The normalized spacial score (nSPS) is 17.9. The van der Waals surface area contributed by atoms with E-state index in [1.54, 1.807) is 12.1 Å². The molecule has 1 unspecified atom stereocenters. The van der Waals surface area contributed by atoms with Crippen LogP contribution in [0.15, 0.2) is 31.6 Å². The largest absolute Gasteiger partial charge is 0.406 e. The highest BCUT2D eigenvalue weighted by atomic mass is 79.9. The van der Waals surface area contributed by atoms with E-state index in [2.05, 4.69) is 52.7 Å². The number of carbonyl (C=O) groups excluding carboxylic acids is 1. The fourth-order valence-corrected chi connectivity index (χ4v) is 2.94. The predicted octanol–water partition coefficient (Wildman–Crippen LogP) is 3.27. The van der Waals surface area contributed by atoms with Crippen LogP contribution in [0.4, 0.5) is 6.01 Å². The summed E-state index contributed by atoms with van der Waals surface area (Å²) in [5.74, 6) is 0.203. The Morgan fingerprint density at radius 2 is 2.24 bits per heavy atom. The number of hydrogen-bond donors (Lipinski definition) is 2. The van der Waals surface area contributed by atoms with Gasteiger partial charge in [-0.3, -0.25) is 10.1 Å². The van der Waals surface area contributed by atoms with Gasteiger partial charge in [0.1, 0.15) is 0 Å². The summed E-state index contributed by atoms with van der Waals surface area (Å²) in [5, 5.41) is 13.7. The van der Waals surface area contributed by atoms with Crippen LogP contribution in [-0.4, -0.2) is 22.6 Å². The van der Waals surface area contributed by atoms with E-state index in [1.807, 2.05) is 6.07 Å². The van der Waals surface area contributed by atoms with E-state index >= 15 is 0 Å².